The number of rotatable bonds is 8. The maximum Gasteiger partial charge on any atom is 0.248 e. The Morgan fingerprint density at radius 2 is 1.79 bits per heavy atom. The summed E-state index contributed by atoms with van der Waals surface area (Å²) in [5.41, 5.74) is 1.67. The smallest absolute Gasteiger partial charge is 0.248 e. The Bertz CT molecular complexity index is 666. The second-order valence-electron chi connectivity index (χ2n) is 5.73. The summed E-state index contributed by atoms with van der Waals surface area (Å²) in [4.78, 5) is 14.2. The second-order valence-corrected chi connectivity index (χ2v) is 5.73. The first-order chi connectivity index (χ1) is 11.6. The fraction of sp³-hybridized carbons (Fsp3) is 0.250. The molecule has 0 spiro atoms. The first-order valence-electron chi connectivity index (χ1n) is 8.06. The summed E-state index contributed by atoms with van der Waals surface area (Å²) in [6, 6.07) is 17.2. The molecule has 4 heteroatoms. The lowest BCUT2D eigenvalue weighted by molar-refractivity contribution is -0.111. The number of nitrogens with one attached hydrogen (secondary N) is 1. The predicted molar refractivity (Wildman–Crippen MR) is 99.2 cm³/mol. The molecule has 0 aromatic heterocycles. The number of amides is 1. The number of para-hydroxylation sites is 2. The third-order valence-corrected chi connectivity index (χ3v) is 3.38. The van der Waals surface area contributed by atoms with Crippen molar-refractivity contribution in [3.63, 3.8) is 0 Å². The van der Waals surface area contributed by atoms with E-state index in [1.807, 2.05) is 68.7 Å². The molecule has 4 nitrogen and oxygen atoms in total. The van der Waals surface area contributed by atoms with Crippen LogP contribution in [0.3, 0.4) is 0 Å². The minimum absolute atomic E-state index is 0.178. The minimum atomic E-state index is -0.178. The van der Waals surface area contributed by atoms with Gasteiger partial charge in [0, 0.05) is 12.6 Å². The fourth-order valence-electron chi connectivity index (χ4n) is 2.17. The molecule has 0 atom stereocenters. The van der Waals surface area contributed by atoms with Crippen molar-refractivity contribution in [2.45, 2.75) is 6.42 Å². The molecule has 0 heterocycles. The van der Waals surface area contributed by atoms with Crippen LogP contribution < -0.4 is 10.1 Å². The SMILES string of the molecule is CN(C)CCCOc1ccccc1NC(=O)C=Cc1ccccc1. The third kappa shape index (κ3) is 6.26. The van der Waals surface area contributed by atoms with Gasteiger partial charge in [-0.1, -0.05) is 42.5 Å². The Morgan fingerprint density at radius 3 is 2.54 bits per heavy atom. The van der Waals surface area contributed by atoms with Crippen LogP contribution in [-0.4, -0.2) is 38.1 Å². The zero-order chi connectivity index (χ0) is 17.2. The van der Waals surface area contributed by atoms with Gasteiger partial charge in [-0.2, -0.15) is 0 Å². The minimum Gasteiger partial charge on any atom is -0.491 e. The van der Waals surface area contributed by atoms with Gasteiger partial charge >= 0.3 is 0 Å². The van der Waals surface area contributed by atoms with Crippen molar-refractivity contribution >= 4 is 17.7 Å². The van der Waals surface area contributed by atoms with E-state index >= 15 is 0 Å². The zero-order valence-electron chi connectivity index (χ0n) is 14.2. The van der Waals surface area contributed by atoms with Crippen LogP contribution in [0.4, 0.5) is 5.69 Å². The van der Waals surface area contributed by atoms with Crippen LogP contribution in [0.1, 0.15) is 12.0 Å². The Kier molecular flexibility index (Phi) is 7.05. The lowest BCUT2D eigenvalue weighted by atomic mass is 10.2. The first kappa shape index (κ1) is 17.8. The second kappa shape index (κ2) is 9.53. The number of hydrogen-bond acceptors (Lipinski definition) is 3. The number of ether oxygens (including phenoxy) is 1. The molecule has 0 aliphatic carbocycles. The zero-order valence-corrected chi connectivity index (χ0v) is 14.2. The summed E-state index contributed by atoms with van der Waals surface area (Å²) in [6.07, 6.45) is 4.25. The molecular formula is C20H24N2O2. The van der Waals surface area contributed by atoms with E-state index in [1.54, 1.807) is 6.08 Å². The van der Waals surface area contributed by atoms with E-state index in [1.165, 1.54) is 6.08 Å². The van der Waals surface area contributed by atoms with E-state index in [-0.39, 0.29) is 5.91 Å². The first-order valence-corrected chi connectivity index (χ1v) is 8.06. The summed E-state index contributed by atoms with van der Waals surface area (Å²) in [7, 11) is 4.07. The van der Waals surface area contributed by atoms with Crippen LogP contribution in [-0.2, 0) is 4.79 Å². The van der Waals surface area contributed by atoms with Crippen molar-refractivity contribution in [2.24, 2.45) is 0 Å². The highest BCUT2D eigenvalue weighted by Gasteiger charge is 2.05. The normalized spacial score (nSPS) is 11.0. The largest absolute Gasteiger partial charge is 0.491 e. The lowest BCUT2D eigenvalue weighted by Crippen LogP contribution is -2.16. The molecule has 24 heavy (non-hydrogen) atoms. The Hall–Kier alpha value is -2.59. The van der Waals surface area contributed by atoms with Gasteiger partial charge in [-0.05, 0) is 44.3 Å². The molecule has 0 radical (unpaired) electrons. The van der Waals surface area contributed by atoms with Gasteiger partial charge in [0.15, 0.2) is 0 Å². The summed E-state index contributed by atoms with van der Waals surface area (Å²) < 4.78 is 5.79. The van der Waals surface area contributed by atoms with Crippen molar-refractivity contribution in [3.8, 4) is 5.75 Å². The summed E-state index contributed by atoms with van der Waals surface area (Å²) in [6.45, 7) is 1.58. The number of nitrogens with zero attached hydrogens (tertiary/aromatic N) is 1. The average Bonchev–Trinajstić information content (AvgIpc) is 2.59. The lowest BCUT2D eigenvalue weighted by Gasteiger charge is -2.13. The van der Waals surface area contributed by atoms with Gasteiger partial charge in [0.05, 0.1) is 12.3 Å². The number of hydrogen-bond donors (Lipinski definition) is 1. The Morgan fingerprint density at radius 1 is 1.08 bits per heavy atom. The van der Waals surface area contributed by atoms with Gasteiger partial charge in [0.25, 0.3) is 0 Å². The van der Waals surface area contributed by atoms with E-state index in [0.29, 0.717) is 18.0 Å². The van der Waals surface area contributed by atoms with Crippen molar-refractivity contribution in [1.82, 2.24) is 4.90 Å². The molecule has 0 bridgehead atoms. The van der Waals surface area contributed by atoms with Crippen LogP contribution in [0.2, 0.25) is 0 Å². The Labute approximate surface area is 143 Å². The summed E-state index contributed by atoms with van der Waals surface area (Å²) >= 11 is 0. The van der Waals surface area contributed by atoms with E-state index in [9.17, 15) is 4.79 Å². The van der Waals surface area contributed by atoms with E-state index in [0.717, 1.165) is 18.5 Å². The van der Waals surface area contributed by atoms with E-state index in [4.69, 9.17) is 4.74 Å². The Balaban J connectivity index is 1.91. The van der Waals surface area contributed by atoms with Gasteiger partial charge in [0.2, 0.25) is 5.91 Å². The molecular weight excluding hydrogens is 300 g/mol. The van der Waals surface area contributed by atoms with Crippen molar-refractivity contribution < 1.29 is 9.53 Å². The van der Waals surface area contributed by atoms with Gasteiger partial charge in [-0.15, -0.1) is 0 Å². The van der Waals surface area contributed by atoms with E-state index in [2.05, 4.69) is 10.2 Å². The van der Waals surface area contributed by atoms with Gasteiger partial charge in [-0.3, -0.25) is 4.79 Å². The third-order valence-electron chi connectivity index (χ3n) is 3.38. The van der Waals surface area contributed by atoms with Gasteiger partial charge in [0.1, 0.15) is 5.75 Å². The van der Waals surface area contributed by atoms with E-state index < -0.39 is 0 Å². The maximum atomic E-state index is 12.1. The highest BCUT2D eigenvalue weighted by molar-refractivity contribution is 6.02. The number of anilines is 1. The van der Waals surface area contributed by atoms with Crippen LogP contribution >= 0.6 is 0 Å². The van der Waals surface area contributed by atoms with Crippen LogP contribution in [0.15, 0.2) is 60.7 Å². The highest BCUT2D eigenvalue weighted by atomic mass is 16.5. The molecule has 2 rings (SSSR count). The van der Waals surface area contributed by atoms with Crippen LogP contribution in [0.25, 0.3) is 6.08 Å². The monoisotopic (exact) mass is 324 g/mol. The highest BCUT2D eigenvalue weighted by Crippen LogP contribution is 2.23. The molecule has 0 saturated heterocycles. The molecule has 0 unspecified atom stereocenters. The number of benzene rings is 2. The molecule has 0 aliphatic heterocycles. The summed E-state index contributed by atoms with van der Waals surface area (Å²) in [5, 5.41) is 2.87. The molecule has 2 aromatic carbocycles. The molecule has 0 aliphatic rings. The maximum absolute atomic E-state index is 12.1. The average molecular weight is 324 g/mol. The van der Waals surface area contributed by atoms with Crippen molar-refractivity contribution in [2.75, 3.05) is 32.6 Å². The molecule has 1 amide bonds. The topological polar surface area (TPSA) is 41.6 Å². The molecule has 0 saturated carbocycles. The molecule has 1 N–H and O–H groups in total. The van der Waals surface area contributed by atoms with Crippen LogP contribution in [0.5, 0.6) is 5.75 Å². The van der Waals surface area contributed by atoms with Crippen molar-refractivity contribution in [3.05, 3.63) is 66.2 Å². The predicted octanol–water partition coefficient (Wildman–Crippen LogP) is 3.67. The van der Waals surface area contributed by atoms with Crippen LogP contribution in [0, 0.1) is 0 Å². The quantitative estimate of drug-likeness (QED) is 0.595. The van der Waals surface area contributed by atoms with Gasteiger partial charge < -0.3 is 15.0 Å². The van der Waals surface area contributed by atoms with Gasteiger partial charge in [-0.25, -0.2) is 0 Å². The standard InChI is InChI=1S/C20H24N2O2/c1-22(2)15-8-16-24-19-12-7-6-11-18(19)21-20(23)14-13-17-9-4-3-5-10-17/h3-7,9-14H,8,15-16H2,1-2H3,(H,21,23). The number of carbonyl (C=O) groups is 1. The number of carbonyl (C=O) groups excluding carboxylic acids is 1. The fourth-order valence-corrected chi connectivity index (χ4v) is 2.17. The van der Waals surface area contributed by atoms with Crippen molar-refractivity contribution in [1.29, 1.82) is 0 Å². The summed E-state index contributed by atoms with van der Waals surface area (Å²) in [5.74, 6) is 0.515. The molecule has 2 aromatic rings. The molecule has 0 fully saturated rings. The molecule has 126 valence electrons.